The van der Waals surface area contributed by atoms with E-state index in [9.17, 15) is 0 Å². The van der Waals surface area contributed by atoms with Crippen LogP contribution < -0.4 is 11.1 Å². The number of hydrogen-bond donors (Lipinski definition) is 2. The molecule has 0 saturated heterocycles. The minimum absolute atomic E-state index is 0.405. The van der Waals surface area contributed by atoms with Crippen LogP contribution in [-0.4, -0.2) is 15.5 Å². The first kappa shape index (κ1) is 18.7. The number of aromatic nitrogens is 2. The fourth-order valence-corrected chi connectivity index (χ4v) is 3.01. The van der Waals surface area contributed by atoms with Gasteiger partial charge < -0.3 is 15.6 Å². The summed E-state index contributed by atoms with van der Waals surface area (Å²) in [5.41, 5.74) is 9.63. The van der Waals surface area contributed by atoms with Crippen molar-refractivity contribution >= 4 is 11.6 Å². The Morgan fingerprint density at radius 2 is 1.93 bits per heavy atom. The molecule has 140 valence electrons. The first-order valence-corrected chi connectivity index (χ1v) is 9.44. The Morgan fingerprint density at radius 1 is 1.11 bits per heavy atom. The molecule has 3 rings (SSSR count). The molecule has 1 aromatic heterocycles. The van der Waals surface area contributed by atoms with Crippen molar-refractivity contribution in [3.05, 3.63) is 83.9 Å². The largest absolute Gasteiger partial charge is 0.370 e. The van der Waals surface area contributed by atoms with E-state index in [0.29, 0.717) is 12.5 Å². The van der Waals surface area contributed by atoms with Gasteiger partial charge in [0.15, 0.2) is 5.96 Å². The van der Waals surface area contributed by atoms with Crippen LogP contribution in [0.2, 0.25) is 0 Å². The minimum atomic E-state index is 0.405. The number of nitrogens with one attached hydrogen (secondary N) is 1. The lowest BCUT2D eigenvalue weighted by Crippen LogP contribution is -2.23. The number of nitrogens with zero attached hydrogens (tertiary/aromatic N) is 3. The first-order chi connectivity index (χ1) is 13.2. The van der Waals surface area contributed by atoms with Crippen molar-refractivity contribution in [1.29, 1.82) is 0 Å². The van der Waals surface area contributed by atoms with Crippen molar-refractivity contribution in [3.8, 4) is 0 Å². The monoisotopic (exact) mass is 361 g/mol. The number of nitrogens with two attached hydrogens (primary N) is 1. The summed E-state index contributed by atoms with van der Waals surface area (Å²) in [4.78, 5) is 8.87. The van der Waals surface area contributed by atoms with Crippen LogP contribution in [0.25, 0.3) is 0 Å². The number of imidazole rings is 1. The average molecular weight is 361 g/mol. The molecule has 3 N–H and O–H groups in total. The first-order valence-electron chi connectivity index (χ1n) is 9.44. The molecule has 0 spiro atoms. The summed E-state index contributed by atoms with van der Waals surface area (Å²) in [7, 11) is 0. The normalized spacial score (nSPS) is 11.5. The lowest BCUT2D eigenvalue weighted by atomic mass is 10.1. The number of hydrogen-bond acceptors (Lipinski definition) is 2. The van der Waals surface area contributed by atoms with Crippen LogP contribution in [0.3, 0.4) is 0 Å². The molecular weight excluding hydrogens is 334 g/mol. The third-order valence-corrected chi connectivity index (χ3v) is 4.51. The molecule has 0 bridgehead atoms. The molecule has 0 aliphatic heterocycles. The molecule has 0 aliphatic carbocycles. The second-order valence-corrected chi connectivity index (χ2v) is 6.51. The summed E-state index contributed by atoms with van der Waals surface area (Å²) in [5, 5.41) is 3.15. The Hall–Kier alpha value is -3.08. The highest BCUT2D eigenvalue weighted by molar-refractivity contribution is 5.92. The van der Waals surface area contributed by atoms with E-state index in [-0.39, 0.29) is 0 Å². The number of anilines is 1. The maximum atomic E-state index is 6.04. The van der Waals surface area contributed by atoms with E-state index in [1.165, 1.54) is 11.1 Å². The topological polar surface area (TPSA) is 68.2 Å². The maximum absolute atomic E-state index is 6.04. The molecule has 5 nitrogen and oxygen atoms in total. The highest BCUT2D eigenvalue weighted by atomic mass is 15.1. The lowest BCUT2D eigenvalue weighted by Gasteiger charge is -2.09. The molecule has 0 radical (unpaired) electrons. The summed E-state index contributed by atoms with van der Waals surface area (Å²) in [6, 6.07) is 18.7. The van der Waals surface area contributed by atoms with Gasteiger partial charge in [-0.25, -0.2) is 9.98 Å². The van der Waals surface area contributed by atoms with E-state index in [0.717, 1.165) is 37.3 Å². The maximum Gasteiger partial charge on any atom is 0.193 e. The van der Waals surface area contributed by atoms with Crippen LogP contribution in [0, 0.1) is 0 Å². The van der Waals surface area contributed by atoms with Gasteiger partial charge in [-0.2, -0.15) is 0 Å². The van der Waals surface area contributed by atoms with Crippen LogP contribution in [0.5, 0.6) is 0 Å². The SMILES string of the molecule is CCc1cccc(NC(N)=NCc2nccn2CCCc2ccccc2)c1. The summed E-state index contributed by atoms with van der Waals surface area (Å²) >= 11 is 0. The summed E-state index contributed by atoms with van der Waals surface area (Å²) in [5.74, 6) is 1.33. The molecule has 1 heterocycles. The average Bonchev–Trinajstić information content (AvgIpc) is 3.15. The van der Waals surface area contributed by atoms with E-state index < -0.39 is 0 Å². The Kier molecular flexibility index (Phi) is 6.63. The lowest BCUT2D eigenvalue weighted by molar-refractivity contribution is 0.611. The van der Waals surface area contributed by atoms with Gasteiger partial charge in [-0.1, -0.05) is 49.4 Å². The Morgan fingerprint density at radius 3 is 2.74 bits per heavy atom. The highest BCUT2D eigenvalue weighted by Crippen LogP contribution is 2.11. The molecule has 3 aromatic rings. The van der Waals surface area contributed by atoms with Crippen molar-refractivity contribution in [1.82, 2.24) is 9.55 Å². The van der Waals surface area contributed by atoms with Gasteiger partial charge in [-0.15, -0.1) is 0 Å². The Labute approximate surface area is 161 Å². The highest BCUT2D eigenvalue weighted by Gasteiger charge is 2.03. The summed E-state index contributed by atoms with van der Waals surface area (Å²) in [6.45, 7) is 3.52. The number of benzene rings is 2. The van der Waals surface area contributed by atoms with Crippen LogP contribution in [0.4, 0.5) is 5.69 Å². The minimum Gasteiger partial charge on any atom is -0.370 e. The molecule has 2 aromatic carbocycles. The predicted octanol–water partition coefficient (Wildman–Crippen LogP) is 4.01. The molecule has 5 heteroatoms. The molecule has 0 atom stereocenters. The Balaban J connectivity index is 1.53. The van der Waals surface area contributed by atoms with Gasteiger partial charge in [0, 0.05) is 24.6 Å². The van der Waals surface area contributed by atoms with Crippen molar-refractivity contribution in [2.24, 2.45) is 10.7 Å². The zero-order chi connectivity index (χ0) is 18.9. The molecule has 0 amide bonds. The second-order valence-electron chi connectivity index (χ2n) is 6.51. The third-order valence-electron chi connectivity index (χ3n) is 4.51. The van der Waals surface area contributed by atoms with Crippen molar-refractivity contribution < 1.29 is 0 Å². The number of rotatable bonds is 8. The fourth-order valence-electron chi connectivity index (χ4n) is 3.01. The van der Waals surface area contributed by atoms with Gasteiger partial charge in [0.05, 0.1) is 0 Å². The second kappa shape index (κ2) is 9.57. The van der Waals surface area contributed by atoms with Gasteiger partial charge >= 0.3 is 0 Å². The van der Waals surface area contributed by atoms with Gasteiger partial charge in [0.25, 0.3) is 0 Å². The standard InChI is InChI=1S/C22H27N5/c1-2-18-10-6-12-20(16-18)26-22(23)25-17-21-24-13-15-27(21)14-7-11-19-8-4-3-5-9-19/h3-6,8-10,12-13,15-16H,2,7,11,14,17H2,1H3,(H3,23,25,26). The van der Waals surface area contributed by atoms with Crippen LogP contribution >= 0.6 is 0 Å². The molecular formula is C22H27N5. The third kappa shape index (κ3) is 5.71. The van der Waals surface area contributed by atoms with E-state index in [1.807, 2.05) is 30.6 Å². The van der Waals surface area contributed by atoms with E-state index in [2.05, 4.69) is 63.2 Å². The van der Waals surface area contributed by atoms with E-state index >= 15 is 0 Å². The smallest absolute Gasteiger partial charge is 0.193 e. The Bertz CT molecular complexity index is 867. The summed E-state index contributed by atoms with van der Waals surface area (Å²) < 4.78 is 2.15. The fraction of sp³-hybridized carbons (Fsp3) is 0.273. The number of guanidine groups is 1. The molecule has 0 fully saturated rings. The number of aryl methyl sites for hydroxylation is 3. The van der Waals surface area contributed by atoms with Crippen molar-refractivity contribution in [2.75, 3.05) is 5.32 Å². The van der Waals surface area contributed by atoms with Crippen LogP contribution in [-0.2, 0) is 25.9 Å². The van der Waals surface area contributed by atoms with E-state index in [1.54, 1.807) is 0 Å². The van der Waals surface area contributed by atoms with Gasteiger partial charge in [0.2, 0.25) is 0 Å². The quantitative estimate of drug-likeness (QED) is 0.471. The van der Waals surface area contributed by atoms with Crippen molar-refractivity contribution in [2.45, 2.75) is 39.3 Å². The zero-order valence-electron chi connectivity index (χ0n) is 15.8. The summed E-state index contributed by atoms with van der Waals surface area (Å²) in [6.07, 6.45) is 6.94. The molecule has 0 aliphatic rings. The van der Waals surface area contributed by atoms with Crippen molar-refractivity contribution in [3.63, 3.8) is 0 Å². The van der Waals surface area contributed by atoms with Gasteiger partial charge in [-0.05, 0) is 42.5 Å². The van der Waals surface area contributed by atoms with Gasteiger partial charge in [0.1, 0.15) is 12.4 Å². The molecule has 0 unspecified atom stereocenters. The zero-order valence-corrected chi connectivity index (χ0v) is 15.8. The molecule has 27 heavy (non-hydrogen) atoms. The molecule has 0 saturated carbocycles. The predicted molar refractivity (Wildman–Crippen MR) is 112 cm³/mol. The van der Waals surface area contributed by atoms with E-state index in [4.69, 9.17) is 5.73 Å². The van der Waals surface area contributed by atoms with Crippen LogP contribution in [0.15, 0.2) is 72.0 Å². The van der Waals surface area contributed by atoms with Crippen LogP contribution in [0.1, 0.15) is 30.3 Å². The number of aliphatic imine (C=N–C) groups is 1. The van der Waals surface area contributed by atoms with Gasteiger partial charge in [-0.3, -0.25) is 0 Å².